The summed E-state index contributed by atoms with van der Waals surface area (Å²) in [5, 5.41) is 1.10. The van der Waals surface area contributed by atoms with Crippen molar-refractivity contribution in [3.63, 3.8) is 0 Å². The van der Waals surface area contributed by atoms with Crippen LogP contribution in [0.2, 0.25) is 0 Å². The van der Waals surface area contributed by atoms with Crippen molar-refractivity contribution in [3.8, 4) is 0 Å². The fourth-order valence-electron chi connectivity index (χ4n) is 4.11. The van der Waals surface area contributed by atoms with Crippen molar-refractivity contribution in [2.45, 2.75) is 18.9 Å². The number of hydrogen-bond acceptors (Lipinski definition) is 5. The van der Waals surface area contributed by atoms with E-state index in [1.807, 2.05) is 12.2 Å². The van der Waals surface area contributed by atoms with Gasteiger partial charge in [-0.1, -0.05) is 12.2 Å². The minimum atomic E-state index is -3.02. The van der Waals surface area contributed by atoms with Gasteiger partial charge in [0.1, 0.15) is 0 Å². The second-order valence-corrected chi connectivity index (χ2v) is 8.47. The summed E-state index contributed by atoms with van der Waals surface area (Å²) in [6.07, 6.45) is 5.44. The predicted molar refractivity (Wildman–Crippen MR) is 69.8 cm³/mol. The van der Waals surface area contributed by atoms with Gasteiger partial charge in [-0.15, -0.1) is 0 Å². The van der Waals surface area contributed by atoms with Crippen LogP contribution in [0.4, 0.5) is 0 Å². The number of carbonyl (C=O) groups excluding carboxylic acids is 2. The molecule has 7 heteroatoms. The molecular formula is C13H16N2O4S. The molecule has 0 spiro atoms. The molecule has 3 fully saturated rings. The van der Waals surface area contributed by atoms with Gasteiger partial charge < -0.3 is 0 Å². The van der Waals surface area contributed by atoms with Gasteiger partial charge in [-0.05, 0) is 24.7 Å². The zero-order valence-corrected chi connectivity index (χ0v) is 11.7. The number of nitrogens with zero attached hydrogens (tertiary/aromatic N) is 1. The van der Waals surface area contributed by atoms with Crippen LogP contribution in [0, 0.1) is 23.7 Å². The van der Waals surface area contributed by atoms with E-state index in [9.17, 15) is 18.0 Å². The van der Waals surface area contributed by atoms with E-state index in [1.165, 1.54) is 0 Å². The summed E-state index contributed by atoms with van der Waals surface area (Å²) >= 11 is 0. The smallest absolute Gasteiger partial charge is 0.248 e. The Balaban J connectivity index is 1.54. The molecule has 2 aliphatic heterocycles. The van der Waals surface area contributed by atoms with Gasteiger partial charge >= 0.3 is 0 Å². The summed E-state index contributed by atoms with van der Waals surface area (Å²) < 4.78 is 22.9. The molecule has 2 bridgehead atoms. The SMILES string of the molecule is O=C1[C@@H]2[C@H](C(=O)N1N[C@@H]1CCS(=O)(=O)C1)[C@H]1C=C[C@H]2C1. The van der Waals surface area contributed by atoms with Gasteiger partial charge in [0.25, 0.3) is 0 Å². The van der Waals surface area contributed by atoms with Crippen molar-refractivity contribution in [1.29, 1.82) is 0 Å². The Hall–Kier alpha value is -1.21. The number of hydrazine groups is 1. The lowest BCUT2D eigenvalue weighted by atomic mass is 9.85. The molecule has 1 N–H and O–H groups in total. The summed E-state index contributed by atoms with van der Waals surface area (Å²) in [4.78, 5) is 24.8. The first kappa shape index (κ1) is 12.5. The fraction of sp³-hybridized carbons (Fsp3) is 0.692. The number of hydrogen-bond donors (Lipinski definition) is 1. The lowest BCUT2D eigenvalue weighted by molar-refractivity contribution is -0.145. The third kappa shape index (κ3) is 1.62. The van der Waals surface area contributed by atoms with E-state index in [1.54, 1.807) is 0 Å². The van der Waals surface area contributed by atoms with Crippen LogP contribution < -0.4 is 5.43 Å². The molecule has 2 heterocycles. The first-order valence-electron chi connectivity index (χ1n) is 6.99. The molecule has 4 rings (SSSR count). The average Bonchev–Trinajstić information content (AvgIpc) is 3.10. The minimum Gasteiger partial charge on any atom is -0.273 e. The highest BCUT2D eigenvalue weighted by molar-refractivity contribution is 7.91. The molecule has 0 aromatic heterocycles. The molecule has 0 radical (unpaired) electrons. The quantitative estimate of drug-likeness (QED) is 0.548. The van der Waals surface area contributed by atoms with Gasteiger partial charge in [0.2, 0.25) is 11.8 Å². The first-order valence-corrected chi connectivity index (χ1v) is 8.81. The second kappa shape index (κ2) is 3.92. The predicted octanol–water partition coefficient (Wildman–Crippen LogP) is -0.515. The van der Waals surface area contributed by atoms with Crippen LogP contribution in [-0.2, 0) is 19.4 Å². The third-order valence-corrected chi connectivity index (χ3v) is 6.78. The van der Waals surface area contributed by atoms with Gasteiger partial charge in [-0.2, -0.15) is 0 Å². The molecule has 2 aliphatic carbocycles. The van der Waals surface area contributed by atoms with Crippen LogP contribution in [0.25, 0.3) is 0 Å². The van der Waals surface area contributed by atoms with Crippen molar-refractivity contribution < 1.29 is 18.0 Å². The first-order chi connectivity index (χ1) is 9.46. The van der Waals surface area contributed by atoms with E-state index in [0.29, 0.717) is 6.42 Å². The number of imide groups is 1. The lowest BCUT2D eigenvalue weighted by Crippen LogP contribution is -2.49. The van der Waals surface area contributed by atoms with Gasteiger partial charge in [-0.3, -0.25) is 9.59 Å². The molecule has 4 aliphatic rings. The van der Waals surface area contributed by atoms with Crippen LogP contribution in [-0.4, -0.2) is 42.8 Å². The summed E-state index contributed by atoms with van der Waals surface area (Å²) in [5.74, 6) is -0.333. The van der Waals surface area contributed by atoms with Crippen LogP contribution in [0.15, 0.2) is 12.2 Å². The number of sulfone groups is 1. The standard InChI is InChI=1S/C13H16N2O4S/c16-12-10-7-1-2-8(5-7)11(10)13(17)15(12)14-9-3-4-20(18,19)6-9/h1-2,7-11,14H,3-6H2/t7-,8-,9+,10-,11+/m0/s1. The van der Waals surface area contributed by atoms with Crippen LogP contribution in [0.3, 0.4) is 0 Å². The Kier molecular flexibility index (Phi) is 2.45. The number of allylic oxidation sites excluding steroid dienone is 2. The molecule has 5 atom stereocenters. The molecular weight excluding hydrogens is 280 g/mol. The van der Waals surface area contributed by atoms with Crippen molar-refractivity contribution in [1.82, 2.24) is 10.4 Å². The molecule has 2 amide bonds. The van der Waals surface area contributed by atoms with Crippen LogP contribution in [0.1, 0.15) is 12.8 Å². The molecule has 108 valence electrons. The molecule has 0 unspecified atom stereocenters. The van der Waals surface area contributed by atoms with Crippen LogP contribution in [0.5, 0.6) is 0 Å². The zero-order chi connectivity index (χ0) is 14.1. The van der Waals surface area contributed by atoms with E-state index in [2.05, 4.69) is 5.43 Å². The highest BCUT2D eigenvalue weighted by Crippen LogP contribution is 2.52. The number of nitrogens with one attached hydrogen (secondary N) is 1. The van der Waals surface area contributed by atoms with Gasteiger partial charge in [0.05, 0.1) is 23.3 Å². The average molecular weight is 296 g/mol. The number of carbonyl (C=O) groups is 2. The molecule has 20 heavy (non-hydrogen) atoms. The summed E-state index contributed by atoms with van der Waals surface area (Å²) in [7, 11) is -3.02. The molecule has 2 saturated heterocycles. The van der Waals surface area contributed by atoms with E-state index < -0.39 is 9.84 Å². The Morgan fingerprint density at radius 3 is 2.20 bits per heavy atom. The molecule has 1 saturated carbocycles. The Morgan fingerprint density at radius 2 is 1.70 bits per heavy atom. The van der Waals surface area contributed by atoms with Crippen LogP contribution >= 0.6 is 0 Å². The monoisotopic (exact) mass is 296 g/mol. The Morgan fingerprint density at radius 1 is 1.10 bits per heavy atom. The van der Waals surface area contributed by atoms with Gasteiger partial charge in [0, 0.05) is 6.04 Å². The van der Waals surface area contributed by atoms with Gasteiger partial charge in [0.15, 0.2) is 9.84 Å². The normalized spacial score (nSPS) is 44.6. The van der Waals surface area contributed by atoms with Crippen molar-refractivity contribution >= 4 is 21.7 Å². The van der Waals surface area contributed by atoms with E-state index in [0.717, 1.165) is 11.4 Å². The maximum absolute atomic E-state index is 12.4. The maximum Gasteiger partial charge on any atom is 0.248 e. The lowest BCUT2D eigenvalue weighted by Gasteiger charge is -2.21. The third-order valence-electron chi connectivity index (χ3n) is 5.01. The highest BCUT2D eigenvalue weighted by atomic mass is 32.2. The van der Waals surface area contributed by atoms with Gasteiger partial charge in [-0.25, -0.2) is 18.9 Å². The Labute approximate surface area is 117 Å². The van der Waals surface area contributed by atoms with E-state index in [4.69, 9.17) is 0 Å². The molecule has 6 nitrogen and oxygen atoms in total. The van der Waals surface area contributed by atoms with Crippen molar-refractivity contribution in [2.24, 2.45) is 23.7 Å². The van der Waals surface area contributed by atoms with E-state index in [-0.39, 0.29) is 53.0 Å². The van der Waals surface area contributed by atoms with E-state index >= 15 is 0 Å². The zero-order valence-electron chi connectivity index (χ0n) is 10.9. The summed E-state index contributed by atoms with van der Waals surface area (Å²) in [6.45, 7) is 0. The number of rotatable bonds is 2. The summed E-state index contributed by atoms with van der Waals surface area (Å²) in [6, 6.07) is -0.322. The minimum absolute atomic E-state index is 0.00446. The van der Waals surface area contributed by atoms with Crippen molar-refractivity contribution in [3.05, 3.63) is 12.2 Å². The second-order valence-electron chi connectivity index (χ2n) is 6.24. The number of fused-ring (bicyclic) bond motifs is 5. The number of amides is 2. The molecule has 0 aromatic rings. The molecule has 0 aromatic carbocycles. The summed E-state index contributed by atoms with van der Waals surface area (Å²) in [5.41, 5.74) is 2.86. The highest BCUT2D eigenvalue weighted by Gasteiger charge is 2.59. The topological polar surface area (TPSA) is 83.6 Å². The largest absolute Gasteiger partial charge is 0.273 e. The Bertz CT molecular complexity index is 596. The van der Waals surface area contributed by atoms with Crippen molar-refractivity contribution in [2.75, 3.05) is 11.5 Å². The fourth-order valence-corrected chi connectivity index (χ4v) is 5.77. The maximum atomic E-state index is 12.4.